The van der Waals surface area contributed by atoms with Gasteiger partial charge in [-0.3, -0.25) is 9.59 Å². The van der Waals surface area contributed by atoms with Crippen LogP contribution in [0.5, 0.6) is 0 Å². The Labute approximate surface area is 147 Å². The molecule has 1 atom stereocenters. The van der Waals surface area contributed by atoms with Gasteiger partial charge in [0.2, 0.25) is 11.8 Å². The lowest BCUT2D eigenvalue weighted by Gasteiger charge is -2.32. The Bertz CT molecular complexity index is 649. The van der Waals surface area contributed by atoms with Crippen LogP contribution in [0.1, 0.15) is 24.0 Å². The summed E-state index contributed by atoms with van der Waals surface area (Å²) < 4.78 is 27.8. The standard InChI is InChI=1S/C18H25F2N3O2/c1-12-4-6-15(19)14(17(12)20)10-21-18(25)13-5-7-16(24)23(11-13)9-8-22(2)3/h4,6,13H,5,7-11H2,1-3H3,(H,21,25)/t13-/m1/s1. The Balaban J connectivity index is 1.95. The molecule has 1 N–H and O–H groups in total. The van der Waals surface area contributed by atoms with Crippen molar-refractivity contribution in [1.82, 2.24) is 15.1 Å². The van der Waals surface area contributed by atoms with Crippen LogP contribution in [0.2, 0.25) is 0 Å². The first-order chi connectivity index (χ1) is 11.8. The molecule has 0 radical (unpaired) electrons. The predicted molar refractivity (Wildman–Crippen MR) is 90.8 cm³/mol. The molecule has 0 bridgehead atoms. The van der Waals surface area contributed by atoms with Crippen molar-refractivity contribution < 1.29 is 18.4 Å². The van der Waals surface area contributed by atoms with E-state index in [1.54, 1.807) is 11.8 Å². The topological polar surface area (TPSA) is 52.7 Å². The molecule has 1 heterocycles. The average molecular weight is 353 g/mol. The number of carbonyl (C=O) groups excluding carboxylic acids is 2. The largest absolute Gasteiger partial charge is 0.352 e. The minimum Gasteiger partial charge on any atom is -0.352 e. The fraction of sp³-hybridized carbons (Fsp3) is 0.556. The maximum absolute atomic E-state index is 14.0. The Morgan fingerprint density at radius 1 is 1.36 bits per heavy atom. The van der Waals surface area contributed by atoms with Crippen LogP contribution in [0.4, 0.5) is 8.78 Å². The second-order valence-electron chi connectivity index (χ2n) is 6.75. The minimum absolute atomic E-state index is 0.0432. The molecule has 7 heteroatoms. The van der Waals surface area contributed by atoms with Gasteiger partial charge < -0.3 is 15.1 Å². The van der Waals surface area contributed by atoms with Crippen molar-refractivity contribution in [3.05, 3.63) is 34.9 Å². The third-order valence-electron chi connectivity index (χ3n) is 4.51. The first-order valence-electron chi connectivity index (χ1n) is 8.43. The normalized spacial score (nSPS) is 17.9. The van der Waals surface area contributed by atoms with E-state index in [9.17, 15) is 18.4 Å². The van der Waals surface area contributed by atoms with E-state index in [0.717, 1.165) is 6.54 Å². The van der Waals surface area contributed by atoms with Gasteiger partial charge in [-0.15, -0.1) is 0 Å². The van der Waals surface area contributed by atoms with Gasteiger partial charge in [-0.2, -0.15) is 0 Å². The van der Waals surface area contributed by atoms with Gasteiger partial charge >= 0.3 is 0 Å². The molecule has 25 heavy (non-hydrogen) atoms. The van der Waals surface area contributed by atoms with Gasteiger partial charge in [-0.25, -0.2) is 8.78 Å². The van der Waals surface area contributed by atoms with Crippen molar-refractivity contribution in [1.29, 1.82) is 0 Å². The molecule has 0 aliphatic carbocycles. The summed E-state index contributed by atoms with van der Waals surface area (Å²) in [5.41, 5.74) is 0.202. The Hall–Kier alpha value is -2.02. The van der Waals surface area contributed by atoms with Crippen LogP contribution < -0.4 is 5.32 Å². The average Bonchev–Trinajstić information content (AvgIpc) is 2.57. The van der Waals surface area contributed by atoms with Crippen molar-refractivity contribution >= 4 is 11.8 Å². The number of hydrogen-bond donors (Lipinski definition) is 1. The number of nitrogens with zero attached hydrogens (tertiary/aromatic N) is 2. The third-order valence-corrected chi connectivity index (χ3v) is 4.51. The number of likely N-dealkylation sites (N-methyl/N-ethyl adjacent to an activating group) is 1. The van der Waals surface area contributed by atoms with E-state index in [2.05, 4.69) is 5.32 Å². The monoisotopic (exact) mass is 353 g/mol. The zero-order chi connectivity index (χ0) is 18.6. The van der Waals surface area contributed by atoms with Crippen molar-refractivity contribution in [3.63, 3.8) is 0 Å². The van der Waals surface area contributed by atoms with Crippen LogP contribution in [0.3, 0.4) is 0 Å². The van der Waals surface area contributed by atoms with E-state index in [-0.39, 0.29) is 29.8 Å². The second kappa shape index (κ2) is 8.38. The van der Waals surface area contributed by atoms with Crippen LogP contribution in [-0.4, -0.2) is 55.3 Å². The van der Waals surface area contributed by atoms with Crippen LogP contribution in [0, 0.1) is 24.5 Å². The zero-order valence-electron chi connectivity index (χ0n) is 14.9. The molecule has 1 aliphatic heterocycles. The van der Waals surface area contributed by atoms with Gasteiger partial charge in [0.1, 0.15) is 11.6 Å². The number of nitrogens with one attached hydrogen (secondary N) is 1. The predicted octanol–water partition coefficient (Wildman–Crippen LogP) is 1.69. The van der Waals surface area contributed by atoms with Crippen molar-refractivity contribution in [2.24, 2.45) is 5.92 Å². The van der Waals surface area contributed by atoms with E-state index >= 15 is 0 Å². The molecular weight excluding hydrogens is 328 g/mol. The molecule has 138 valence electrons. The molecule has 0 aromatic heterocycles. The lowest BCUT2D eigenvalue weighted by Crippen LogP contribution is -2.47. The minimum atomic E-state index is -0.671. The maximum Gasteiger partial charge on any atom is 0.225 e. The Kier molecular flexibility index (Phi) is 6.47. The van der Waals surface area contributed by atoms with Gasteiger partial charge in [-0.05, 0) is 39.1 Å². The third kappa shape index (κ3) is 4.98. The SMILES string of the molecule is Cc1ccc(F)c(CNC(=O)[C@@H]2CCC(=O)N(CCN(C)C)C2)c1F. The van der Waals surface area contributed by atoms with Gasteiger partial charge in [0, 0.05) is 38.2 Å². The molecule has 5 nitrogen and oxygen atoms in total. The van der Waals surface area contributed by atoms with Crippen molar-refractivity contribution in [2.45, 2.75) is 26.3 Å². The van der Waals surface area contributed by atoms with Crippen LogP contribution in [0.25, 0.3) is 0 Å². The first kappa shape index (κ1) is 19.3. The fourth-order valence-corrected chi connectivity index (χ4v) is 2.86. The fourth-order valence-electron chi connectivity index (χ4n) is 2.86. The number of benzene rings is 1. The number of amides is 2. The number of likely N-dealkylation sites (tertiary alicyclic amines) is 1. The quantitative estimate of drug-likeness (QED) is 0.847. The summed E-state index contributed by atoms with van der Waals surface area (Å²) in [6.07, 6.45) is 0.778. The van der Waals surface area contributed by atoms with E-state index in [1.165, 1.54) is 12.1 Å². The second-order valence-corrected chi connectivity index (χ2v) is 6.75. The van der Waals surface area contributed by atoms with E-state index in [1.807, 2.05) is 19.0 Å². The number of rotatable bonds is 6. The lowest BCUT2D eigenvalue weighted by atomic mass is 9.96. The van der Waals surface area contributed by atoms with Crippen LogP contribution in [0.15, 0.2) is 12.1 Å². The molecule has 1 aromatic carbocycles. The van der Waals surface area contributed by atoms with E-state index < -0.39 is 11.6 Å². The molecule has 1 saturated heterocycles. The molecule has 0 spiro atoms. The Morgan fingerprint density at radius 2 is 2.08 bits per heavy atom. The summed E-state index contributed by atoms with van der Waals surface area (Å²) in [4.78, 5) is 28.0. The number of carbonyl (C=O) groups is 2. The van der Waals surface area contributed by atoms with Gasteiger partial charge in [0.25, 0.3) is 0 Å². The molecule has 2 rings (SSSR count). The van der Waals surface area contributed by atoms with Crippen molar-refractivity contribution in [3.8, 4) is 0 Å². The van der Waals surface area contributed by atoms with E-state index in [4.69, 9.17) is 0 Å². The van der Waals surface area contributed by atoms with E-state index in [0.29, 0.717) is 31.5 Å². The van der Waals surface area contributed by atoms with Crippen LogP contribution >= 0.6 is 0 Å². The summed E-state index contributed by atoms with van der Waals surface area (Å²) in [5.74, 6) is -1.89. The molecule has 1 aliphatic rings. The molecule has 0 saturated carbocycles. The summed E-state index contributed by atoms with van der Waals surface area (Å²) in [5, 5.41) is 2.61. The smallest absolute Gasteiger partial charge is 0.225 e. The number of halogens is 2. The molecule has 0 unspecified atom stereocenters. The highest BCUT2D eigenvalue weighted by Gasteiger charge is 2.30. The van der Waals surface area contributed by atoms with Gasteiger partial charge in [0.05, 0.1) is 5.92 Å². The molecule has 1 aromatic rings. The first-order valence-corrected chi connectivity index (χ1v) is 8.43. The number of hydrogen-bond acceptors (Lipinski definition) is 3. The Morgan fingerprint density at radius 3 is 2.76 bits per heavy atom. The number of piperidine rings is 1. The number of aryl methyl sites for hydroxylation is 1. The molecule has 1 fully saturated rings. The van der Waals surface area contributed by atoms with Crippen LogP contribution in [-0.2, 0) is 16.1 Å². The summed E-state index contributed by atoms with van der Waals surface area (Å²) in [6.45, 7) is 2.99. The maximum atomic E-state index is 14.0. The summed E-state index contributed by atoms with van der Waals surface area (Å²) in [6, 6.07) is 2.56. The highest BCUT2D eigenvalue weighted by molar-refractivity contribution is 5.83. The molecular formula is C18H25F2N3O2. The molecule has 2 amide bonds. The highest BCUT2D eigenvalue weighted by Crippen LogP contribution is 2.19. The lowest BCUT2D eigenvalue weighted by molar-refractivity contribution is -0.138. The zero-order valence-corrected chi connectivity index (χ0v) is 14.9. The van der Waals surface area contributed by atoms with Gasteiger partial charge in [0.15, 0.2) is 0 Å². The van der Waals surface area contributed by atoms with Gasteiger partial charge in [-0.1, -0.05) is 6.07 Å². The summed E-state index contributed by atoms with van der Waals surface area (Å²) >= 11 is 0. The van der Waals surface area contributed by atoms with Crippen molar-refractivity contribution in [2.75, 3.05) is 33.7 Å². The highest BCUT2D eigenvalue weighted by atomic mass is 19.1. The summed E-state index contributed by atoms with van der Waals surface area (Å²) in [7, 11) is 3.84.